The molecule has 3 unspecified atom stereocenters. The summed E-state index contributed by atoms with van der Waals surface area (Å²) in [5.41, 5.74) is 1.53. The maximum Gasteiger partial charge on any atom is 0.0583 e. The molecule has 0 saturated carbocycles. The van der Waals surface area contributed by atoms with Gasteiger partial charge in [0.1, 0.15) is 0 Å². The summed E-state index contributed by atoms with van der Waals surface area (Å²) in [6.45, 7) is 14.9. The van der Waals surface area contributed by atoms with Gasteiger partial charge in [-0.15, -0.1) is 19.7 Å². The SMILES string of the molecule is C=CCC1(CC=C)CNC(CC2=C(Cl)C=NC(C)C2C=C)C1. The highest BCUT2D eigenvalue weighted by molar-refractivity contribution is 6.39. The number of dihydropyridines is 1. The van der Waals surface area contributed by atoms with E-state index in [0.717, 1.165) is 37.3 Å². The van der Waals surface area contributed by atoms with Gasteiger partial charge in [0.15, 0.2) is 0 Å². The molecule has 0 bridgehead atoms. The van der Waals surface area contributed by atoms with Crippen molar-refractivity contribution in [2.45, 2.75) is 44.7 Å². The Morgan fingerprint density at radius 2 is 2.05 bits per heavy atom. The number of nitrogens with one attached hydrogen (secondary N) is 1. The first-order valence-electron chi connectivity index (χ1n) is 8.04. The predicted octanol–water partition coefficient (Wildman–Crippen LogP) is 4.65. The molecule has 2 aliphatic heterocycles. The Bertz CT molecular complexity index is 494. The second-order valence-corrected chi connectivity index (χ2v) is 7.03. The van der Waals surface area contributed by atoms with Crippen LogP contribution in [0.25, 0.3) is 0 Å². The lowest BCUT2D eigenvalue weighted by atomic mass is 9.77. The third kappa shape index (κ3) is 3.61. The number of allylic oxidation sites excluding steroid dienone is 3. The van der Waals surface area contributed by atoms with E-state index in [4.69, 9.17) is 11.6 Å². The Hall–Kier alpha value is -1.12. The maximum absolute atomic E-state index is 6.42. The zero-order valence-electron chi connectivity index (χ0n) is 13.5. The van der Waals surface area contributed by atoms with Crippen molar-refractivity contribution in [2.24, 2.45) is 16.3 Å². The molecule has 1 saturated heterocycles. The van der Waals surface area contributed by atoms with Gasteiger partial charge in [0, 0.05) is 24.7 Å². The molecule has 1 N–H and O–H groups in total. The molecule has 3 heteroatoms. The van der Waals surface area contributed by atoms with Crippen LogP contribution in [-0.4, -0.2) is 24.8 Å². The average Bonchev–Trinajstić information content (AvgIpc) is 2.87. The van der Waals surface area contributed by atoms with Crippen molar-refractivity contribution in [1.29, 1.82) is 0 Å². The molecule has 0 spiro atoms. The molecule has 2 rings (SSSR count). The normalized spacial score (nSPS) is 30.4. The predicted molar refractivity (Wildman–Crippen MR) is 97.6 cm³/mol. The van der Waals surface area contributed by atoms with Gasteiger partial charge in [-0.1, -0.05) is 29.8 Å². The van der Waals surface area contributed by atoms with Crippen LogP contribution in [0.2, 0.25) is 0 Å². The molecule has 22 heavy (non-hydrogen) atoms. The van der Waals surface area contributed by atoms with E-state index in [1.54, 1.807) is 6.21 Å². The van der Waals surface area contributed by atoms with Crippen LogP contribution < -0.4 is 5.32 Å². The molecular weight excluding hydrogens is 292 g/mol. The fourth-order valence-corrected chi connectivity index (χ4v) is 4.09. The lowest BCUT2D eigenvalue weighted by molar-refractivity contribution is 0.323. The molecule has 0 aliphatic carbocycles. The topological polar surface area (TPSA) is 24.4 Å². The highest BCUT2D eigenvalue weighted by Gasteiger charge is 2.38. The standard InChI is InChI=1S/C19H27ClN2/c1-5-8-19(9-6-2)11-15(22-13-19)10-17-16(7-3)14(4)21-12-18(17)20/h5-7,12,14-16,22H,1-3,8-11,13H2,4H3. The van der Waals surface area contributed by atoms with Gasteiger partial charge < -0.3 is 5.32 Å². The molecule has 0 radical (unpaired) electrons. The van der Waals surface area contributed by atoms with Crippen molar-refractivity contribution in [3.05, 3.63) is 48.6 Å². The lowest BCUT2D eigenvalue weighted by Gasteiger charge is -2.28. The van der Waals surface area contributed by atoms with Gasteiger partial charge in [-0.3, -0.25) is 4.99 Å². The summed E-state index contributed by atoms with van der Waals surface area (Å²) in [5.74, 6) is 0.244. The van der Waals surface area contributed by atoms with Crippen LogP contribution in [0.1, 0.15) is 32.6 Å². The third-order valence-corrected chi connectivity index (χ3v) is 5.31. The second kappa shape index (κ2) is 7.43. The molecule has 3 atom stereocenters. The Kier molecular flexibility index (Phi) is 5.82. The number of hydrogen-bond acceptors (Lipinski definition) is 2. The van der Waals surface area contributed by atoms with Crippen LogP contribution in [0.3, 0.4) is 0 Å². The van der Waals surface area contributed by atoms with Gasteiger partial charge in [0.2, 0.25) is 0 Å². The summed E-state index contributed by atoms with van der Waals surface area (Å²) < 4.78 is 0. The summed E-state index contributed by atoms with van der Waals surface area (Å²) in [6, 6.07) is 0.673. The minimum Gasteiger partial charge on any atom is -0.313 e. The maximum atomic E-state index is 6.42. The Labute approximate surface area is 139 Å². The molecule has 0 aromatic heterocycles. The van der Waals surface area contributed by atoms with Gasteiger partial charge >= 0.3 is 0 Å². The molecule has 0 aromatic carbocycles. The van der Waals surface area contributed by atoms with Gasteiger partial charge in [0.25, 0.3) is 0 Å². The molecule has 2 nitrogen and oxygen atoms in total. The summed E-state index contributed by atoms with van der Waals surface area (Å²) in [6.07, 6.45) is 12.0. The van der Waals surface area contributed by atoms with E-state index in [0.29, 0.717) is 6.04 Å². The van der Waals surface area contributed by atoms with Gasteiger partial charge in [-0.2, -0.15) is 0 Å². The second-order valence-electron chi connectivity index (χ2n) is 6.63. The third-order valence-electron chi connectivity index (χ3n) is 4.97. The van der Waals surface area contributed by atoms with E-state index in [1.807, 2.05) is 18.2 Å². The Morgan fingerprint density at radius 3 is 2.64 bits per heavy atom. The quantitative estimate of drug-likeness (QED) is 0.679. The summed E-state index contributed by atoms with van der Waals surface area (Å²) in [5, 5.41) is 4.46. The first-order chi connectivity index (χ1) is 10.5. The fraction of sp³-hybridized carbons (Fsp3) is 0.526. The molecule has 2 aliphatic rings. The largest absolute Gasteiger partial charge is 0.313 e. The molecular formula is C19H27ClN2. The Morgan fingerprint density at radius 1 is 1.36 bits per heavy atom. The van der Waals surface area contributed by atoms with E-state index >= 15 is 0 Å². The summed E-state index contributed by atoms with van der Waals surface area (Å²) >= 11 is 6.42. The van der Waals surface area contributed by atoms with E-state index in [1.165, 1.54) is 5.57 Å². The van der Waals surface area contributed by atoms with Gasteiger partial charge in [0.05, 0.1) is 11.1 Å². The lowest BCUT2D eigenvalue weighted by Crippen LogP contribution is -2.27. The number of halogens is 1. The highest BCUT2D eigenvalue weighted by atomic mass is 35.5. The molecule has 0 amide bonds. The summed E-state index contributed by atoms with van der Waals surface area (Å²) in [4.78, 5) is 4.44. The zero-order chi connectivity index (χ0) is 16.2. The van der Waals surface area contributed by atoms with Crippen molar-refractivity contribution >= 4 is 17.8 Å². The number of hydrogen-bond donors (Lipinski definition) is 1. The molecule has 2 heterocycles. The van der Waals surface area contributed by atoms with Crippen LogP contribution in [0.4, 0.5) is 0 Å². The first-order valence-corrected chi connectivity index (χ1v) is 8.42. The first kappa shape index (κ1) is 17.2. The van der Waals surface area contributed by atoms with Gasteiger partial charge in [-0.25, -0.2) is 0 Å². The molecule has 1 fully saturated rings. The van der Waals surface area contributed by atoms with Crippen molar-refractivity contribution in [2.75, 3.05) is 6.54 Å². The molecule has 120 valence electrons. The highest BCUT2D eigenvalue weighted by Crippen LogP contribution is 2.40. The van der Waals surface area contributed by atoms with E-state index in [-0.39, 0.29) is 17.4 Å². The van der Waals surface area contributed by atoms with Crippen LogP contribution in [-0.2, 0) is 0 Å². The number of rotatable bonds is 7. The smallest absolute Gasteiger partial charge is 0.0583 e. The Balaban J connectivity index is 2.11. The van der Waals surface area contributed by atoms with Gasteiger partial charge in [-0.05, 0) is 43.6 Å². The summed E-state index contributed by atoms with van der Waals surface area (Å²) in [7, 11) is 0. The van der Waals surface area contributed by atoms with Crippen molar-refractivity contribution in [3.8, 4) is 0 Å². The van der Waals surface area contributed by atoms with E-state index < -0.39 is 0 Å². The van der Waals surface area contributed by atoms with Crippen LogP contribution in [0, 0.1) is 11.3 Å². The van der Waals surface area contributed by atoms with E-state index in [9.17, 15) is 0 Å². The minimum absolute atomic E-state index is 0.225. The molecule has 0 aromatic rings. The monoisotopic (exact) mass is 318 g/mol. The van der Waals surface area contributed by atoms with Crippen LogP contribution >= 0.6 is 11.6 Å². The van der Waals surface area contributed by atoms with Crippen molar-refractivity contribution < 1.29 is 0 Å². The average molecular weight is 319 g/mol. The fourth-order valence-electron chi connectivity index (χ4n) is 3.83. The minimum atomic E-state index is 0.225. The van der Waals surface area contributed by atoms with Crippen LogP contribution in [0.5, 0.6) is 0 Å². The number of nitrogens with zero attached hydrogens (tertiary/aromatic N) is 1. The van der Waals surface area contributed by atoms with Crippen molar-refractivity contribution in [1.82, 2.24) is 5.32 Å². The van der Waals surface area contributed by atoms with E-state index in [2.05, 4.69) is 37.0 Å². The zero-order valence-corrected chi connectivity index (χ0v) is 14.3. The van der Waals surface area contributed by atoms with Crippen LogP contribution in [0.15, 0.2) is 53.6 Å². The van der Waals surface area contributed by atoms with Crippen molar-refractivity contribution in [3.63, 3.8) is 0 Å². The number of aliphatic imine (C=N–C) groups is 1.